The Hall–Kier alpha value is -1.69. The van der Waals surface area contributed by atoms with Crippen molar-refractivity contribution in [3.05, 3.63) is 16.8 Å². The molecule has 1 aromatic heterocycles. The van der Waals surface area contributed by atoms with E-state index in [1.165, 1.54) is 0 Å². The summed E-state index contributed by atoms with van der Waals surface area (Å²) in [5.74, 6) is 0.320. The molecule has 106 valence electrons. The fourth-order valence-corrected chi connectivity index (χ4v) is 1.91. The number of nitrogens with one attached hydrogen (secondary N) is 1. The Balaban J connectivity index is 3.00. The maximum absolute atomic E-state index is 7.71. The highest BCUT2D eigenvalue weighted by molar-refractivity contribution is 5.98. The van der Waals surface area contributed by atoms with Gasteiger partial charge in [-0.3, -0.25) is 5.41 Å². The molecule has 6 heteroatoms. The SMILES string of the molecule is CCc1nnc(OCCCOC)c(C(=N)N)c1CC. The molecule has 0 saturated heterocycles. The maximum atomic E-state index is 7.71. The smallest absolute Gasteiger partial charge is 0.244 e. The lowest BCUT2D eigenvalue weighted by Crippen LogP contribution is -2.19. The van der Waals surface area contributed by atoms with Crippen LogP contribution in [-0.4, -0.2) is 36.4 Å². The number of rotatable bonds is 8. The number of nitrogens with two attached hydrogens (primary N) is 1. The average molecular weight is 266 g/mol. The molecule has 0 spiro atoms. The van der Waals surface area contributed by atoms with Gasteiger partial charge in [-0.2, -0.15) is 5.10 Å². The first-order valence-corrected chi connectivity index (χ1v) is 6.50. The van der Waals surface area contributed by atoms with Crippen molar-refractivity contribution in [2.24, 2.45) is 5.73 Å². The number of nitrogens with zero attached hydrogens (tertiary/aromatic N) is 2. The zero-order valence-corrected chi connectivity index (χ0v) is 11.8. The van der Waals surface area contributed by atoms with E-state index in [9.17, 15) is 0 Å². The van der Waals surface area contributed by atoms with Gasteiger partial charge in [-0.15, -0.1) is 5.10 Å². The molecule has 1 rings (SSSR count). The van der Waals surface area contributed by atoms with Gasteiger partial charge >= 0.3 is 0 Å². The molecule has 0 bridgehead atoms. The second-order valence-electron chi connectivity index (χ2n) is 4.12. The maximum Gasteiger partial charge on any atom is 0.244 e. The number of amidine groups is 1. The molecule has 0 aliphatic heterocycles. The molecule has 6 nitrogen and oxygen atoms in total. The third-order valence-corrected chi connectivity index (χ3v) is 2.81. The van der Waals surface area contributed by atoms with Crippen LogP contribution in [0.4, 0.5) is 0 Å². The number of nitrogen functional groups attached to an aromatic ring is 1. The predicted octanol–water partition coefficient (Wildman–Crippen LogP) is 1.30. The van der Waals surface area contributed by atoms with Crippen molar-refractivity contribution in [1.29, 1.82) is 5.41 Å². The van der Waals surface area contributed by atoms with Crippen LogP contribution in [0.1, 0.15) is 37.1 Å². The van der Waals surface area contributed by atoms with Crippen LogP contribution in [0.3, 0.4) is 0 Å². The molecule has 0 aromatic carbocycles. The lowest BCUT2D eigenvalue weighted by Gasteiger charge is -2.14. The van der Waals surface area contributed by atoms with E-state index < -0.39 is 0 Å². The van der Waals surface area contributed by atoms with E-state index in [4.69, 9.17) is 20.6 Å². The fraction of sp³-hybridized carbons (Fsp3) is 0.615. The molecule has 1 aromatic rings. The first-order valence-electron chi connectivity index (χ1n) is 6.50. The predicted molar refractivity (Wildman–Crippen MR) is 73.8 cm³/mol. The second kappa shape index (κ2) is 7.68. The Labute approximate surface area is 113 Å². The van der Waals surface area contributed by atoms with Crippen molar-refractivity contribution in [2.75, 3.05) is 20.3 Å². The number of methoxy groups -OCH3 is 1. The van der Waals surface area contributed by atoms with E-state index in [2.05, 4.69) is 10.2 Å². The number of ether oxygens (including phenoxy) is 2. The summed E-state index contributed by atoms with van der Waals surface area (Å²) in [6.07, 6.45) is 2.27. The fourth-order valence-electron chi connectivity index (χ4n) is 1.91. The Morgan fingerprint density at radius 3 is 2.47 bits per heavy atom. The average Bonchev–Trinajstić information content (AvgIpc) is 2.42. The summed E-state index contributed by atoms with van der Waals surface area (Å²) < 4.78 is 10.5. The third kappa shape index (κ3) is 3.89. The van der Waals surface area contributed by atoms with E-state index >= 15 is 0 Å². The largest absolute Gasteiger partial charge is 0.476 e. The minimum absolute atomic E-state index is 0.0248. The van der Waals surface area contributed by atoms with E-state index in [1.54, 1.807) is 7.11 Å². The Morgan fingerprint density at radius 2 is 1.95 bits per heavy atom. The molecule has 0 aliphatic carbocycles. The van der Waals surface area contributed by atoms with E-state index in [-0.39, 0.29) is 5.84 Å². The van der Waals surface area contributed by atoms with Crippen LogP contribution in [0.2, 0.25) is 0 Å². The van der Waals surface area contributed by atoms with Gasteiger partial charge in [0.05, 0.1) is 17.9 Å². The van der Waals surface area contributed by atoms with Crippen LogP contribution < -0.4 is 10.5 Å². The zero-order valence-electron chi connectivity index (χ0n) is 11.8. The summed E-state index contributed by atoms with van der Waals surface area (Å²) in [6, 6.07) is 0. The van der Waals surface area contributed by atoms with Gasteiger partial charge in [0.25, 0.3) is 0 Å². The molecule has 0 amide bonds. The van der Waals surface area contributed by atoms with Crippen LogP contribution in [-0.2, 0) is 17.6 Å². The Kier molecular flexibility index (Phi) is 6.21. The third-order valence-electron chi connectivity index (χ3n) is 2.81. The Bertz CT molecular complexity index is 435. The van der Waals surface area contributed by atoms with Gasteiger partial charge in [0.15, 0.2) is 0 Å². The number of aromatic nitrogens is 2. The Morgan fingerprint density at radius 1 is 1.21 bits per heavy atom. The topological polar surface area (TPSA) is 94.1 Å². The van der Waals surface area contributed by atoms with Gasteiger partial charge in [0.1, 0.15) is 5.84 Å². The van der Waals surface area contributed by atoms with Crippen molar-refractivity contribution in [3.8, 4) is 5.88 Å². The normalized spacial score (nSPS) is 10.5. The van der Waals surface area contributed by atoms with Gasteiger partial charge in [0, 0.05) is 20.1 Å². The van der Waals surface area contributed by atoms with Crippen LogP contribution >= 0.6 is 0 Å². The van der Waals surface area contributed by atoms with Gasteiger partial charge < -0.3 is 15.2 Å². The molecule has 0 aliphatic rings. The molecule has 0 atom stereocenters. The van der Waals surface area contributed by atoms with E-state index in [0.29, 0.717) is 24.7 Å². The number of hydrogen-bond acceptors (Lipinski definition) is 5. The van der Waals surface area contributed by atoms with Crippen molar-refractivity contribution in [2.45, 2.75) is 33.1 Å². The van der Waals surface area contributed by atoms with Crippen LogP contribution in [0.15, 0.2) is 0 Å². The summed E-state index contributed by atoms with van der Waals surface area (Å²) >= 11 is 0. The first-order chi connectivity index (χ1) is 9.15. The molecular formula is C13H22N4O2. The molecule has 0 radical (unpaired) electrons. The highest BCUT2D eigenvalue weighted by Gasteiger charge is 2.17. The van der Waals surface area contributed by atoms with Crippen molar-refractivity contribution in [1.82, 2.24) is 10.2 Å². The summed E-state index contributed by atoms with van der Waals surface area (Å²) in [5, 5.41) is 15.9. The zero-order chi connectivity index (χ0) is 14.3. The lowest BCUT2D eigenvalue weighted by molar-refractivity contribution is 0.170. The highest BCUT2D eigenvalue weighted by Crippen LogP contribution is 2.22. The highest BCUT2D eigenvalue weighted by atomic mass is 16.5. The summed E-state index contributed by atoms with van der Waals surface area (Å²) in [4.78, 5) is 0. The van der Waals surface area contributed by atoms with Crippen molar-refractivity contribution in [3.63, 3.8) is 0 Å². The van der Waals surface area contributed by atoms with Crippen molar-refractivity contribution < 1.29 is 9.47 Å². The number of hydrogen-bond donors (Lipinski definition) is 2. The van der Waals surface area contributed by atoms with Gasteiger partial charge in [0.2, 0.25) is 5.88 Å². The summed E-state index contributed by atoms with van der Waals surface area (Å²) in [6.45, 7) is 5.11. The summed E-state index contributed by atoms with van der Waals surface area (Å²) in [5.41, 5.74) is 8.05. The number of aryl methyl sites for hydroxylation is 1. The van der Waals surface area contributed by atoms with Crippen LogP contribution in [0.25, 0.3) is 0 Å². The van der Waals surface area contributed by atoms with Crippen LogP contribution in [0.5, 0.6) is 5.88 Å². The standard InChI is InChI=1S/C13H22N4O2/c1-4-9-10(5-2)16-17-13(11(9)12(14)15)19-8-6-7-18-3/h4-8H2,1-3H3,(H3,14,15). The summed E-state index contributed by atoms with van der Waals surface area (Å²) in [7, 11) is 1.64. The molecule has 19 heavy (non-hydrogen) atoms. The first kappa shape index (κ1) is 15.4. The van der Waals surface area contributed by atoms with E-state index in [1.807, 2.05) is 13.8 Å². The molecule has 0 unspecified atom stereocenters. The van der Waals surface area contributed by atoms with E-state index in [0.717, 1.165) is 30.5 Å². The molecule has 3 N–H and O–H groups in total. The van der Waals surface area contributed by atoms with Gasteiger partial charge in [-0.1, -0.05) is 13.8 Å². The quantitative estimate of drug-likeness (QED) is 0.420. The van der Waals surface area contributed by atoms with Gasteiger partial charge in [-0.05, 0) is 18.4 Å². The second-order valence-corrected chi connectivity index (χ2v) is 4.12. The molecule has 0 fully saturated rings. The van der Waals surface area contributed by atoms with Crippen LogP contribution in [0, 0.1) is 5.41 Å². The van der Waals surface area contributed by atoms with Gasteiger partial charge in [-0.25, -0.2) is 0 Å². The molecular weight excluding hydrogens is 244 g/mol. The van der Waals surface area contributed by atoms with Crippen molar-refractivity contribution >= 4 is 5.84 Å². The lowest BCUT2D eigenvalue weighted by atomic mass is 10.0. The minimum Gasteiger partial charge on any atom is -0.476 e. The molecule has 0 saturated carbocycles. The minimum atomic E-state index is -0.0248. The molecule has 1 heterocycles. The monoisotopic (exact) mass is 266 g/mol.